The van der Waals surface area contributed by atoms with E-state index in [0.29, 0.717) is 6.54 Å². The van der Waals surface area contributed by atoms with Gasteiger partial charge < -0.3 is 5.73 Å². The Morgan fingerprint density at radius 3 is 3.00 bits per heavy atom. The minimum Gasteiger partial charge on any atom is -0.368 e. The molecule has 4 nitrogen and oxygen atoms in total. The van der Waals surface area contributed by atoms with Crippen LogP contribution in [-0.2, 0) is 6.54 Å². The molecular weight excluding hydrogens is 242 g/mol. The summed E-state index contributed by atoms with van der Waals surface area (Å²) in [6.07, 6.45) is 0. The number of nitrogens with two attached hydrogens (primary N) is 1. The zero-order valence-corrected chi connectivity index (χ0v) is 8.52. The lowest BCUT2D eigenvalue weighted by atomic mass is 10.5. The van der Waals surface area contributed by atoms with Gasteiger partial charge >= 0.3 is 0 Å². The number of halogens is 1. The molecule has 6 heteroatoms. The SMILES string of the molecule is NC(=NCc1ccc(Br)s1)NO. The molecule has 66 valence electrons. The Hall–Kier alpha value is -0.590. The van der Waals surface area contributed by atoms with E-state index in [1.54, 1.807) is 16.8 Å². The molecule has 0 radical (unpaired) electrons. The maximum absolute atomic E-state index is 8.31. The Balaban J connectivity index is 2.53. The van der Waals surface area contributed by atoms with Crippen LogP contribution in [0.2, 0.25) is 0 Å². The van der Waals surface area contributed by atoms with E-state index in [1.165, 1.54) is 0 Å². The summed E-state index contributed by atoms with van der Waals surface area (Å²) in [5.74, 6) is 0.0273. The molecule has 0 atom stereocenters. The van der Waals surface area contributed by atoms with Crippen LogP contribution in [0, 0.1) is 0 Å². The molecular formula is C6H8BrN3OS. The van der Waals surface area contributed by atoms with Gasteiger partial charge in [0.1, 0.15) is 0 Å². The van der Waals surface area contributed by atoms with E-state index in [9.17, 15) is 0 Å². The van der Waals surface area contributed by atoms with Gasteiger partial charge in [0, 0.05) is 4.88 Å². The van der Waals surface area contributed by atoms with Crippen molar-refractivity contribution < 1.29 is 5.21 Å². The third kappa shape index (κ3) is 2.80. The quantitative estimate of drug-likeness (QED) is 0.421. The Bertz CT molecular complexity index is 286. The molecule has 0 aromatic carbocycles. The zero-order chi connectivity index (χ0) is 8.97. The van der Waals surface area contributed by atoms with Crippen molar-refractivity contribution in [2.45, 2.75) is 6.54 Å². The van der Waals surface area contributed by atoms with Crippen molar-refractivity contribution in [3.05, 3.63) is 20.8 Å². The summed E-state index contributed by atoms with van der Waals surface area (Å²) in [6, 6.07) is 3.89. The van der Waals surface area contributed by atoms with Crippen molar-refractivity contribution in [2.75, 3.05) is 0 Å². The first-order valence-electron chi connectivity index (χ1n) is 3.16. The van der Waals surface area contributed by atoms with Gasteiger partial charge in [0.15, 0.2) is 0 Å². The Morgan fingerprint density at radius 1 is 1.75 bits per heavy atom. The number of guanidine groups is 1. The first-order chi connectivity index (χ1) is 5.72. The summed E-state index contributed by atoms with van der Waals surface area (Å²) in [5, 5.41) is 8.31. The van der Waals surface area contributed by atoms with Gasteiger partial charge in [-0.3, -0.25) is 5.21 Å². The third-order valence-corrected chi connectivity index (χ3v) is 2.76. The van der Waals surface area contributed by atoms with Crippen LogP contribution >= 0.6 is 27.3 Å². The van der Waals surface area contributed by atoms with Crippen LogP contribution in [0.3, 0.4) is 0 Å². The number of rotatable bonds is 2. The lowest BCUT2D eigenvalue weighted by Crippen LogP contribution is -2.28. The van der Waals surface area contributed by atoms with Crippen molar-refractivity contribution >= 4 is 33.2 Å². The standard InChI is InChI=1S/C6H8BrN3OS/c7-5-2-1-4(12-5)3-9-6(8)10-11/h1-2,11H,3H2,(H3,8,9,10). The van der Waals surface area contributed by atoms with Crippen molar-refractivity contribution in [1.82, 2.24) is 5.48 Å². The molecule has 12 heavy (non-hydrogen) atoms. The highest BCUT2D eigenvalue weighted by molar-refractivity contribution is 9.11. The lowest BCUT2D eigenvalue weighted by Gasteiger charge is -1.94. The highest BCUT2D eigenvalue weighted by atomic mass is 79.9. The lowest BCUT2D eigenvalue weighted by molar-refractivity contribution is 0.232. The molecule has 0 spiro atoms. The van der Waals surface area contributed by atoms with Gasteiger partial charge in [0.05, 0.1) is 10.3 Å². The second-order valence-electron chi connectivity index (χ2n) is 2.02. The molecule has 4 N–H and O–H groups in total. The first-order valence-corrected chi connectivity index (χ1v) is 4.77. The average molecular weight is 250 g/mol. The highest BCUT2D eigenvalue weighted by Crippen LogP contribution is 2.22. The van der Waals surface area contributed by atoms with Gasteiger partial charge in [0.2, 0.25) is 5.96 Å². The van der Waals surface area contributed by atoms with Crippen molar-refractivity contribution in [2.24, 2.45) is 10.7 Å². The van der Waals surface area contributed by atoms with E-state index >= 15 is 0 Å². The molecule has 0 saturated heterocycles. The van der Waals surface area contributed by atoms with E-state index in [-0.39, 0.29) is 5.96 Å². The molecule has 1 heterocycles. The number of hydroxylamine groups is 1. The van der Waals surface area contributed by atoms with Gasteiger partial charge in [-0.2, -0.15) is 0 Å². The Morgan fingerprint density at radius 2 is 2.50 bits per heavy atom. The van der Waals surface area contributed by atoms with Crippen LogP contribution in [0.25, 0.3) is 0 Å². The topological polar surface area (TPSA) is 70.6 Å². The molecule has 1 aromatic rings. The van der Waals surface area contributed by atoms with Crippen LogP contribution in [0.4, 0.5) is 0 Å². The van der Waals surface area contributed by atoms with Gasteiger partial charge in [-0.05, 0) is 28.1 Å². The number of aliphatic imine (C=N–C) groups is 1. The van der Waals surface area contributed by atoms with Gasteiger partial charge in [-0.15, -0.1) is 11.3 Å². The molecule has 1 rings (SSSR count). The third-order valence-electron chi connectivity index (χ3n) is 1.15. The molecule has 0 saturated carbocycles. The van der Waals surface area contributed by atoms with E-state index in [2.05, 4.69) is 20.9 Å². The number of nitrogens with one attached hydrogen (secondary N) is 1. The monoisotopic (exact) mass is 249 g/mol. The second-order valence-corrected chi connectivity index (χ2v) is 4.57. The summed E-state index contributed by atoms with van der Waals surface area (Å²) < 4.78 is 1.06. The van der Waals surface area contributed by atoms with Crippen LogP contribution in [0.15, 0.2) is 20.9 Å². The van der Waals surface area contributed by atoms with E-state index in [4.69, 9.17) is 10.9 Å². The van der Waals surface area contributed by atoms with Gasteiger partial charge in [0.25, 0.3) is 0 Å². The second kappa shape index (κ2) is 4.44. The number of thiophene rings is 1. The smallest absolute Gasteiger partial charge is 0.213 e. The minimum atomic E-state index is 0.0273. The maximum Gasteiger partial charge on any atom is 0.213 e. The first kappa shape index (κ1) is 9.50. The maximum atomic E-state index is 8.31. The van der Waals surface area contributed by atoms with Crippen LogP contribution in [0.1, 0.15) is 4.88 Å². The molecule has 0 unspecified atom stereocenters. The van der Waals surface area contributed by atoms with Crippen molar-refractivity contribution in [1.29, 1.82) is 0 Å². The van der Waals surface area contributed by atoms with Crippen molar-refractivity contribution in [3.63, 3.8) is 0 Å². The fourth-order valence-electron chi connectivity index (χ4n) is 0.635. The number of hydrogen-bond acceptors (Lipinski definition) is 3. The number of nitrogens with zero attached hydrogens (tertiary/aromatic N) is 1. The fraction of sp³-hybridized carbons (Fsp3) is 0.167. The molecule has 0 bridgehead atoms. The molecule has 0 amide bonds. The largest absolute Gasteiger partial charge is 0.368 e. The molecule has 0 aliphatic rings. The minimum absolute atomic E-state index is 0.0273. The van der Waals surface area contributed by atoms with Crippen LogP contribution < -0.4 is 11.2 Å². The molecule has 0 aliphatic heterocycles. The summed E-state index contributed by atoms with van der Waals surface area (Å²) in [4.78, 5) is 4.93. The van der Waals surface area contributed by atoms with E-state index in [1.807, 2.05) is 12.1 Å². The van der Waals surface area contributed by atoms with E-state index < -0.39 is 0 Å². The normalized spacial score (nSPS) is 11.7. The predicted octanol–water partition coefficient (Wildman–Crippen LogP) is 1.30. The summed E-state index contributed by atoms with van der Waals surface area (Å²) in [7, 11) is 0. The van der Waals surface area contributed by atoms with Crippen LogP contribution in [0.5, 0.6) is 0 Å². The predicted molar refractivity (Wildman–Crippen MR) is 52.3 cm³/mol. The highest BCUT2D eigenvalue weighted by Gasteiger charge is 1.95. The molecule has 0 fully saturated rings. The number of hydrogen-bond donors (Lipinski definition) is 3. The van der Waals surface area contributed by atoms with Gasteiger partial charge in [-0.25, -0.2) is 10.5 Å². The molecule has 1 aromatic heterocycles. The van der Waals surface area contributed by atoms with Crippen molar-refractivity contribution in [3.8, 4) is 0 Å². The van der Waals surface area contributed by atoms with Crippen LogP contribution in [-0.4, -0.2) is 11.2 Å². The summed E-state index contributed by atoms with van der Waals surface area (Å²) in [6.45, 7) is 0.482. The zero-order valence-electron chi connectivity index (χ0n) is 6.12. The Labute approximate surface area is 82.2 Å². The Kier molecular flexibility index (Phi) is 3.51. The summed E-state index contributed by atoms with van der Waals surface area (Å²) >= 11 is 4.91. The molecule has 0 aliphatic carbocycles. The van der Waals surface area contributed by atoms with E-state index in [0.717, 1.165) is 8.66 Å². The average Bonchev–Trinajstić information content (AvgIpc) is 2.47. The summed E-state index contributed by atoms with van der Waals surface area (Å²) in [5.41, 5.74) is 6.97. The fourth-order valence-corrected chi connectivity index (χ4v) is 2.04. The van der Waals surface area contributed by atoms with Gasteiger partial charge in [-0.1, -0.05) is 0 Å².